The van der Waals surface area contributed by atoms with Crippen LogP contribution in [0.2, 0.25) is 0 Å². The quantitative estimate of drug-likeness (QED) is 0.536. The van der Waals surface area contributed by atoms with E-state index >= 15 is 0 Å². The summed E-state index contributed by atoms with van der Waals surface area (Å²) in [7, 11) is 0. The van der Waals surface area contributed by atoms with Crippen molar-refractivity contribution >= 4 is 11.6 Å². The van der Waals surface area contributed by atoms with Crippen LogP contribution in [0.3, 0.4) is 0 Å². The third kappa shape index (κ3) is 4.62. The highest BCUT2D eigenvalue weighted by molar-refractivity contribution is 6.06. The maximum Gasteiger partial charge on any atom is 0.259 e. The number of amides is 1. The number of anilines is 1. The second-order valence-electron chi connectivity index (χ2n) is 6.31. The fourth-order valence-electron chi connectivity index (χ4n) is 2.86. The van der Waals surface area contributed by atoms with Crippen molar-refractivity contribution in [3.8, 4) is 16.9 Å². The van der Waals surface area contributed by atoms with Crippen LogP contribution in [-0.4, -0.2) is 21.1 Å². The zero-order valence-electron chi connectivity index (χ0n) is 15.5. The normalized spacial score (nSPS) is 10.3. The van der Waals surface area contributed by atoms with Gasteiger partial charge < -0.3 is 10.1 Å². The zero-order valence-corrected chi connectivity index (χ0v) is 15.5. The molecule has 0 aliphatic carbocycles. The lowest BCUT2D eigenvalue weighted by molar-refractivity contribution is 0.102. The molecular weight excluding hydrogens is 364 g/mol. The van der Waals surface area contributed by atoms with Crippen molar-refractivity contribution in [3.05, 3.63) is 103 Å². The summed E-state index contributed by atoms with van der Waals surface area (Å²) in [4.78, 5) is 17.0. The molecule has 0 aliphatic heterocycles. The van der Waals surface area contributed by atoms with Gasteiger partial charge in [0, 0.05) is 12.4 Å². The number of pyridine rings is 1. The number of aromatic nitrogens is 3. The van der Waals surface area contributed by atoms with Gasteiger partial charge in [0.25, 0.3) is 5.91 Å². The van der Waals surface area contributed by atoms with Gasteiger partial charge >= 0.3 is 0 Å². The monoisotopic (exact) mass is 382 g/mol. The molecule has 29 heavy (non-hydrogen) atoms. The number of rotatable bonds is 6. The number of carbonyl (C=O) groups is 1. The van der Waals surface area contributed by atoms with Crippen LogP contribution in [0.25, 0.3) is 11.1 Å². The Labute approximate surface area is 168 Å². The molecule has 6 heteroatoms. The molecule has 4 rings (SSSR count). The maximum atomic E-state index is 13.0. The van der Waals surface area contributed by atoms with Crippen LogP contribution >= 0.6 is 0 Å². The molecule has 0 saturated carbocycles. The number of nitrogens with zero attached hydrogens (tertiary/aromatic N) is 3. The second kappa shape index (κ2) is 8.75. The minimum atomic E-state index is -0.281. The minimum Gasteiger partial charge on any atom is -0.488 e. The Kier molecular flexibility index (Phi) is 5.53. The van der Waals surface area contributed by atoms with Gasteiger partial charge in [-0.15, -0.1) is 0 Å². The Morgan fingerprint density at radius 2 is 1.69 bits per heavy atom. The van der Waals surface area contributed by atoms with E-state index in [4.69, 9.17) is 4.74 Å². The molecule has 0 atom stereocenters. The molecule has 1 N–H and O–H groups in total. The molecule has 2 heterocycles. The summed E-state index contributed by atoms with van der Waals surface area (Å²) in [5.41, 5.74) is 3.89. The highest BCUT2D eigenvalue weighted by Crippen LogP contribution is 2.28. The van der Waals surface area contributed by atoms with Gasteiger partial charge in [-0.25, -0.2) is 0 Å². The minimum absolute atomic E-state index is 0.281. The summed E-state index contributed by atoms with van der Waals surface area (Å²) in [6, 6.07) is 20.9. The van der Waals surface area contributed by atoms with E-state index in [1.165, 1.54) is 12.4 Å². The van der Waals surface area contributed by atoms with Gasteiger partial charge in [-0.05, 0) is 47.0 Å². The predicted octanol–water partition coefficient (Wildman–Crippen LogP) is 4.37. The SMILES string of the molecule is O=C(Nc1ccnnc1)c1cc(-c2ccncc2)ccc1OCc1ccccc1. The Balaban J connectivity index is 1.64. The van der Waals surface area contributed by atoms with Crippen molar-refractivity contribution in [2.24, 2.45) is 0 Å². The zero-order chi connectivity index (χ0) is 19.9. The predicted molar refractivity (Wildman–Crippen MR) is 110 cm³/mol. The number of hydrogen-bond acceptors (Lipinski definition) is 5. The van der Waals surface area contributed by atoms with E-state index in [9.17, 15) is 4.79 Å². The lowest BCUT2D eigenvalue weighted by Gasteiger charge is -2.14. The van der Waals surface area contributed by atoms with Crippen molar-refractivity contribution in [1.82, 2.24) is 15.2 Å². The average Bonchev–Trinajstić information content (AvgIpc) is 2.79. The standard InChI is InChI=1S/C23H18N4O2/c28-23(27-20-10-13-25-26-15-20)21-14-19(18-8-11-24-12-9-18)6-7-22(21)29-16-17-4-2-1-3-5-17/h1-15H,16H2,(H,25,27,28). The van der Waals surface area contributed by atoms with Gasteiger partial charge in [0.05, 0.1) is 23.6 Å². The molecule has 0 unspecified atom stereocenters. The molecule has 0 radical (unpaired) electrons. The van der Waals surface area contributed by atoms with Crippen LogP contribution in [0.4, 0.5) is 5.69 Å². The van der Waals surface area contributed by atoms with Gasteiger partial charge in [0.2, 0.25) is 0 Å². The summed E-state index contributed by atoms with van der Waals surface area (Å²) < 4.78 is 5.97. The van der Waals surface area contributed by atoms with E-state index in [1.54, 1.807) is 18.5 Å². The van der Waals surface area contributed by atoms with E-state index in [-0.39, 0.29) is 5.91 Å². The summed E-state index contributed by atoms with van der Waals surface area (Å²) in [5, 5.41) is 10.4. The van der Waals surface area contributed by atoms with Crippen LogP contribution in [0.5, 0.6) is 5.75 Å². The first-order chi connectivity index (χ1) is 14.3. The van der Waals surface area contributed by atoms with Crippen molar-refractivity contribution in [2.45, 2.75) is 6.61 Å². The number of ether oxygens (including phenoxy) is 1. The van der Waals surface area contributed by atoms with Crippen LogP contribution < -0.4 is 10.1 Å². The Morgan fingerprint density at radius 1 is 0.862 bits per heavy atom. The molecule has 0 fully saturated rings. The average molecular weight is 382 g/mol. The van der Waals surface area contributed by atoms with E-state index in [1.807, 2.05) is 60.7 Å². The van der Waals surface area contributed by atoms with E-state index in [2.05, 4.69) is 20.5 Å². The van der Waals surface area contributed by atoms with Gasteiger partial charge in [-0.2, -0.15) is 10.2 Å². The lowest BCUT2D eigenvalue weighted by Crippen LogP contribution is -2.14. The third-order valence-corrected chi connectivity index (χ3v) is 4.32. The Bertz CT molecular complexity index is 1090. The molecule has 2 aromatic carbocycles. The first-order valence-electron chi connectivity index (χ1n) is 9.09. The highest BCUT2D eigenvalue weighted by Gasteiger charge is 2.15. The Morgan fingerprint density at radius 3 is 2.45 bits per heavy atom. The number of hydrogen-bond donors (Lipinski definition) is 1. The fourth-order valence-corrected chi connectivity index (χ4v) is 2.86. The lowest BCUT2D eigenvalue weighted by atomic mass is 10.0. The van der Waals surface area contributed by atoms with E-state index in [0.29, 0.717) is 23.6 Å². The van der Waals surface area contributed by atoms with Gasteiger partial charge in [-0.3, -0.25) is 9.78 Å². The van der Waals surface area contributed by atoms with Crippen molar-refractivity contribution < 1.29 is 9.53 Å². The summed E-state index contributed by atoms with van der Waals surface area (Å²) in [5.74, 6) is 0.225. The van der Waals surface area contributed by atoms with Crippen LogP contribution in [0.1, 0.15) is 15.9 Å². The molecular formula is C23H18N4O2. The fraction of sp³-hybridized carbons (Fsp3) is 0.0435. The number of carbonyl (C=O) groups excluding carboxylic acids is 1. The topological polar surface area (TPSA) is 77.0 Å². The van der Waals surface area contributed by atoms with Gasteiger partial charge in [-0.1, -0.05) is 36.4 Å². The van der Waals surface area contributed by atoms with Gasteiger partial charge in [0.1, 0.15) is 12.4 Å². The Hall–Kier alpha value is -4.06. The number of benzene rings is 2. The summed E-state index contributed by atoms with van der Waals surface area (Å²) >= 11 is 0. The van der Waals surface area contributed by atoms with Crippen molar-refractivity contribution in [2.75, 3.05) is 5.32 Å². The van der Waals surface area contributed by atoms with Gasteiger partial charge in [0.15, 0.2) is 0 Å². The molecule has 0 saturated heterocycles. The van der Waals surface area contributed by atoms with Crippen molar-refractivity contribution in [1.29, 1.82) is 0 Å². The second-order valence-corrected chi connectivity index (χ2v) is 6.31. The highest BCUT2D eigenvalue weighted by atomic mass is 16.5. The molecule has 142 valence electrons. The summed E-state index contributed by atoms with van der Waals surface area (Å²) in [6.07, 6.45) is 6.46. The van der Waals surface area contributed by atoms with E-state index in [0.717, 1.165) is 16.7 Å². The van der Waals surface area contributed by atoms with Crippen LogP contribution in [0.15, 0.2) is 91.5 Å². The van der Waals surface area contributed by atoms with Crippen LogP contribution in [-0.2, 0) is 6.61 Å². The molecule has 2 aromatic heterocycles. The summed E-state index contributed by atoms with van der Waals surface area (Å²) in [6.45, 7) is 0.368. The smallest absolute Gasteiger partial charge is 0.259 e. The van der Waals surface area contributed by atoms with Crippen molar-refractivity contribution in [3.63, 3.8) is 0 Å². The first-order valence-corrected chi connectivity index (χ1v) is 9.09. The van der Waals surface area contributed by atoms with Crippen LogP contribution in [0, 0.1) is 0 Å². The largest absolute Gasteiger partial charge is 0.488 e. The first kappa shape index (κ1) is 18.3. The molecule has 6 nitrogen and oxygen atoms in total. The molecule has 1 amide bonds. The molecule has 4 aromatic rings. The molecule has 0 bridgehead atoms. The molecule has 0 aliphatic rings. The third-order valence-electron chi connectivity index (χ3n) is 4.32. The number of nitrogens with one attached hydrogen (secondary N) is 1. The molecule has 0 spiro atoms. The maximum absolute atomic E-state index is 13.0. The van der Waals surface area contributed by atoms with E-state index < -0.39 is 0 Å².